The maximum absolute atomic E-state index is 11.6. The fourth-order valence-corrected chi connectivity index (χ4v) is 2.24. The number of hydrogen-bond donors (Lipinski definition) is 2. The molecule has 5 nitrogen and oxygen atoms in total. The van der Waals surface area contributed by atoms with Crippen LogP contribution in [0.2, 0.25) is 0 Å². The summed E-state index contributed by atoms with van der Waals surface area (Å²) >= 11 is 0. The molecular weight excluding hydrogens is 242 g/mol. The highest BCUT2D eigenvalue weighted by Crippen LogP contribution is 2.23. The predicted molar refractivity (Wildman–Crippen MR) is 73.9 cm³/mol. The lowest BCUT2D eigenvalue weighted by molar-refractivity contribution is -0.124. The summed E-state index contributed by atoms with van der Waals surface area (Å²) in [6, 6.07) is 7.99. The van der Waals surface area contributed by atoms with Gasteiger partial charge in [-0.15, -0.1) is 0 Å². The lowest BCUT2D eigenvalue weighted by atomic mass is 10.0. The van der Waals surface area contributed by atoms with Gasteiger partial charge in [0, 0.05) is 25.2 Å². The smallest absolute Gasteiger partial charge is 0.238 e. The van der Waals surface area contributed by atoms with Gasteiger partial charge in [-0.1, -0.05) is 18.2 Å². The van der Waals surface area contributed by atoms with E-state index in [-0.39, 0.29) is 5.91 Å². The number of likely N-dealkylation sites (N-methyl/N-ethyl adjacent to an activating group) is 1. The van der Waals surface area contributed by atoms with Crippen molar-refractivity contribution in [1.29, 1.82) is 0 Å². The van der Waals surface area contributed by atoms with E-state index in [1.807, 2.05) is 25.1 Å². The molecule has 5 heteroatoms. The van der Waals surface area contributed by atoms with Crippen LogP contribution in [0.1, 0.15) is 12.5 Å². The van der Waals surface area contributed by atoms with Gasteiger partial charge in [-0.2, -0.15) is 0 Å². The van der Waals surface area contributed by atoms with Gasteiger partial charge in [0.1, 0.15) is 17.9 Å². The fourth-order valence-electron chi connectivity index (χ4n) is 2.24. The summed E-state index contributed by atoms with van der Waals surface area (Å²) in [6.07, 6.45) is 0. The summed E-state index contributed by atoms with van der Waals surface area (Å²) in [7, 11) is 1.76. The molecular formula is C14H21N3O2. The highest BCUT2D eigenvalue weighted by molar-refractivity contribution is 5.84. The number of para-hydroxylation sites is 1. The third-order valence-electron chi connectivity index (χ3n) is 3.67. The minimum absolute atomic E-state index is 0.339. The van der Waals surface area contributed by atoms with Gasteiger partial charge >= 0.3 is 0 Å². The standard InChI is InChI=1S/C14H21N3O2/c1-14(16-2,13(15)18)10-17-7-8-19-12-6-4-3-5-11(12)9-17/h3-6,16H,7-10H2,1-2H3,(H2,15,18). The van der Waals surface area contributed by atoms with E-state index in [9.17, 15) is 4.79 Å². The van der Waals surface area contributed by atoms with Crippen molar-refractivity contribution in [2.24, 2.45) is 5.73 Å². The number of nitrogens with two attached hydrogens (primary N) is 1. The van der Waals surface area contributed by atoms with E-state index < -0.39 is 5.54 Å². The summed E-state index contributed by atoms with van der Waals surface area (Å²) in [5.74, 6) is 0.587. The Morgan fingerprint density at radius 3 is 2.95 bits per heavy atom. The average molecular weight is 263 g/mol. The summed E-state index contributed by atoms with van der Waals surface area (Å²) in [5.41, 5.74) is 5.89. The van der Waals surface area contributed by atoms with Crippen LogP contribution in [0, 0.1) is 0 Å². The molecule has 1 amide bonds. The van der Waals surface area contributed by atoms with E-state index in [4.69, 9.17) is 10.5 Å². The van der Waals surface area contributed by atoms with Crippen molar-refractivity contribution < 1.29 is 9.53 Å². The van der Waals surface area contributed by atoms with E-state index in [2.05, 4.69) is 16.3 Å². The van der Waals surface area contributed by atoms with Crippen LogP contribution in [-0.4, -0.2) is 43.1 Å². The molecule has 0 radical (unpaired) electrons. The Bertz CT molecular complexity index is 464. The van der Waals surface area contributed by atoms with Crippen LogP contribution in [0.15, 0.2) is 24.3 Å². The number of nitrogens with one attached hydrogen (secondary N) is 1. The van der Waals surface area contributed by atoms with Crippen LogP contribution < -0.4 is 15.8 Å². The molecule has 1 atom stereocenters. The van der Waals surface area contributed by atoms with Crippen molar-refractivity contribution in [1.82, 2.24) is 10.2 Å². The zero-order chi connectivity index (χ0) is 13.9. The largest absolute Gasteiger partial charge is 0.492 e. The summed E-state index contributed by atoms with van der Waals surface area (Å²) in [5, 5.41) is 3.01. The normalized spacial score (nSPS) is 18.8. The van der Waals surface area contributed by atoms with Gasteiger partial charge in [0.05, 0.1) is 0 Å². The van der Waals surface area contributed by atoms with E-state index in [0.29, 0.717) is 13.2 Å². The van der Waals surface area contributed by atoms with Crippen LogP contribution in [0.4, 0.5) is 0 Å². The van der Waals surface area contributed by atoms with Gasteiger partial charge in [0.15, 0.2) is 0 Å². The molecule has 0 fully saturated rings. The Balaban J connectivity index is 2.13. The number of amides is 1. The molecule has 0 saturated carbocycles. The van der Waals surface area contributed by atoms with Crippen molar-refractivity contribution in [3.8, 4) is 5.75 Å². The first-order valence-electron chi connectivity index (χ1n) is 6.47. The van der Waals surface area contributed by atoms with E-state index >= 15 is 0 Å². The molecule has 0 spiro atoms. The van der Waals surface area contributed by atoms with Crippen molar-refractivity contribution in [2.45, 2.75) is 19.0 Å². The molecule has 0 aromatic heterocycles. The van der Waals surface area contributed by atoms with Crippen LogP contribution >= 0.6 is 0 Å². The molecule has 1 aliphatic rings. The van der Waals surface area contributed by atoms with Gasteiger partial charge in [0.25, 0.3) is 0 Å². The van der Waals surface area contributed by atoms with Gasteiger partial charge in [-0.05, 0) is 20.0 Å². The summed E-state index contributed by atoms with van der Waals surface area (Å²) < 4.78 is 5.71. The van der Waals surface area contributed by atoms with Crippen LogP contribution in [-0.2, 0) is 11.3 Å². The first-order chi connectivity index (χ1) is 9.05. The van der Waals surface area contributed by atoms with Gasteiger partial charge in [-0.3, -0.25) is 9.69 Å². The third kappa shape index (κ3) is 3.05. The molecule has 0 aliphatic carbocycles. The summed E-state index contributed by atoms with van der Waals surface area (Å²) in [6.45, 7) is 4.55. The van der Waals surface area contributed by atoms with Crippen LogP contribution in [0.3, 0.4) is 0 Å². The first-order valence-corrected chi connectivity index (χ1v) is 6.47. The van der Waals surface area contributed by atoms with Crippen molar-refractivity contribution in [3.05, 3.63) is 29.8 Å². The van der Waals surface area contributed by atoms with Gasteiger partial charge in [0.2, 0.25) is 5.91 Å². The Morgan fingerprint density at radius 2 is 2.26 bits per heavy atom. The van der Waals surface area contributed by atoms with Crippen LogP contribution in [0.5, 0.6) is 5.75 Å². The zero-order valence-electron chi connectivity index (χ0n) is 11.5. The molecule has 19 heavy (non-hydrogen) atoms. The molecule has 2 rings (SSSR count). The molecule has 1 aliphatic heterocycles. The van der Waals surface area contributed by atoms with Gasteiger partial charge in [-0.25, -0.2) is 0 Å². The number of nitrogens with zero attached hydrogens (tertiary/aromatic N) is 1. The van der Waals surface area contributed by atoms with E-state index in [1.165, 1.54) is 0 Å². The molecule has 104 valence electrons. The zero-order valence-corrected chi connectivity index (χ0v) is 11.5. The third-order valence-corrected chi connectivity index (χ3v) is 3.67. The lowest BCUT2D eigenvalue weighted by Crippen LogP contribution is -2.58. The van der Waals surface area contributed by atoms with Crippen LogP contribution in [0.25, 0.3) is 0 Å². The molecule has 0 saturated heterocycles. The highest BCUT2D eigenvalue weighted by atomic mass is 16.5. The number of benzene rings is 1. The number of hydrogen-bond acceptors (Lipinski definition) is 4. The molecule has 1 unspecified atom stereocenters. The Hall–Kier alpha value is -1.59. The lowest BCUT2D eigenvalue weighted by Gasteiger charge is -2.32. The minimum atomic E-state index is -0.723. The number of fused-ring (bicyclic) bond motifs is 1. The number of primary amides is 1. The highest BCUT2D eigenvalue weighted by Gasteiger charge is 2.32. The first kappa shape index (κ1) is 13.8. The number of carbonyl (C=O) groups is 1. The minimum Gasteiger partial charge on any atom is -0.492 e. The predicted octanol–water partition coefficient (Wildman–Crippen LogP) is 0.344. The number of carbonyl (C=O) groups excluding carboxylic acids is 1. The fraction of sp³-hybridized carbons (Fsp3) is 0.500. The molecule has 1 heterocycles. The molecule has 0 bridgehead atoms. The maximum Gasteiger partial charge on any atom is 0.238 e. The Morgan fingerprint density at radius 1 is 1.53 bits per heavy atom. The Labute approximate surface area is 113 Å². The second-order valence-electron chi connectivity index (χ2n) is 5.11. The number of rotatable bonds is 4. The number of ether oxygens (including phenoxy) is 1. The second-order valence-corrected chi connectivity index (χ2v) is 5.11. The van der Waals surface area contributed by atoms with Crippen molar-refractivity contribution >= 4 is 5.91 Å². The SMILES string of the molecule is CNC(C)(CN1CCOc2ccccc2C1)C(N)=O. The van der Waals surface area contributed by atoms with E-state index in [0.717, 1.165) is 24.4 Å². The molecule has 1 aromatic carbocycles. The average Bonchev–Trinajstić information content (AvgIpc) is 2.59. The topological polar surface area (TPSA) is 67.6 Å². The monoisotopic (exact) mass is 263 g/mol. The second kappa shape index (κ2) is 5.59. The van der Waals surface area contributed by atoms with E-state index in [1.54, 1.807) is 7.05 Å². The molecule has 3 N–H and O–H groups in total. The quantitative estimate of drug-likeness (QED) is 0.822. The van der Waals surface area contributed by atoms with Crippen molar-refractivity contribution in [2.75, 3.05) is 26.7 Å². The Kier molecular flexibility index (Phi) is 4.07. The maximum atomic E-state index is 11.6. The summed E-state index contributed by atoms with van der Waals surface area (Å²) in [4.78, 5) is 13.7. The molecule has 1 aromatic rings. The van der Waals surface area contributed by atoms with Gasteiger partial charge < -0.3 is 15.8 Å². The van der Waals surface area contributed by atoms with Crippen molar-refractivity contribution in [3.63, 3.8) is 0 Å².